The van der Waals surface area contributed by atoms with Crippen molar-refractivity contribution in [2.75, 3.05) is 32.8 Å². The van der Waals surface area contributed by atoms with Crippen molar-refractivity contribution in [3.63, 3.8) is 0 Å². The predicted octanol–water partition coefficient (Wildman–Crippen LogP) is 0.380. The van der Waals surface area contributed by atoms with Gasteiger partial charge in [-0.05, 0) is 17.7 Å². The van der Waals surface area contributed by atoms with Gasteiger partial charge in [0.25, 0.3) is 5.56 Å². The fourth-order valence-electron chi connectivity index (χ4n) is 3.02. The summed E-state index contributed by atoms with van der Waals surface area (Å²) in [5.74, 6) is -0.309. The molecule has 0 aliphatic carbocycles. The molecule has 2 heterocycles. The molecular formula is C18H21ClN4O4. The first kappa shape index (κ1) is 19.3. The molecule has 0 saturated carbocycles. The van der Waals surface area contributed by atoms with E-state index in [-0.39, 0.29) is 18.5 Å². The number of nitrogens with zero attached hydrogens (tertiary/aromatic N) is 2. The van der Waals surface area contributed by atoms with Gasteiger partial charge in [0, 0.05) is 36.9 Å². The fourth-order valence-corrected chi connectivity index (χ4v) is 3.15. The fraction of sp³-hybridized carbons (Fsp3) is 0.389. The van der Waals surface area contributed by atoms with E-state index in [4.69, 9.17) is 16.3 Å². The first-order valence-electron chi connectivity index (χ1n) is 8.66. The van der Waals surface area contributed by atoms with Gasteiger partial charge in [0.2, 0.25) is 5.91 Å². The number of aromatic nitrogens is 2. The Hall–Kier alpha value is -2.42. The number of hydrogen-bond acceptors (Lipinski definition) is 5. The molecule has 1 aromatic carbocycles. The Bertz CT molecular complexity index is 887. The number of morpholine rings is 1. The number of nitrogens with one attached hydrogen (secondary N) is 2. The van der Waals surface area contributed by atoms with E-state index in [2.05, 4.69) is 15.2 Å². The van der Waals surface area contributed by atoms with Crippen LogP contribution in [0.1, 0.15) is 11.6 Å². The summed E-state index contributed by atoms with van der Waals surface area (Å²) in [7, 11) is 0. The maximum atomic E-state index is 12.3. The summed E-state index contributed by atoms with van der Waals surface area (Å²) in [6.07, 6.45) is 1.30. The second-order valence-corrected chi connectivity index (χ2v) is 6.69. The molecule has 1 saturated heterocycles. The molecule has 144 valence electrons. The lowest BCUT2D eigenvalue weighted by Crippen LogP contribution is -2.44. The minimum Gasteiger partial charge on any atom is -0.379 e. The Balaban J connectivity index is 1.68. The SMILES string of the molecule is O=C(Cn1ccc(=O)[nH]c1=O)NCC(c1ccc(Cl)cc1)N1CCOCC1. The second kappa shape index (κ2) is 8.98. The summed E-state index contributed by atoms with van der Waals surface area (Å²) in [5.41, 5.74) is -0.0605. The summed E-state index contributed by atoms with van der Waals surface area (Å²) >= 11 is 5.98. The molecule has 27 heavy (non-hydrogen) atoms. The van der Waals surface area contributed by atoms with Crippen molar-refractivity contribution in [3.05, 3.63) is 68.0 Å². The van der Waals surface area contributed by atoms with Crippen molar-refractivity contribution in [2.45, 2.75) is 12.6 Å². The smallest absolute Gasteiger partial charge is 0.328 e. The number of benzene rings is 1. The third-order valence-electron chi connectivity index (χ3n) is 4.44. The summed E-state index contributed by atoms with van der Waals surface area (Å²) in [5, 5.41) is 3.53. The number of aromatic amines is 1. The minimum atomic E-state index is -0.611. The lowest BCUT2D eigenvalue weighted by Gasteiger charge is -2.35. The van der Waals surface area contributed by atoms with Crippen LogP contribution in [0.5, 0.6) is 0 Å². The third-order valence-corrected chi connectivity index (χ3v) is 4.70. The van der Waals surface area contributed by atoms with E-state index in [1.165, 1.54) is 12.3 Å². The van der Waals surface area contributed by atoms with E-state index in [1.54, 1.807) is 0 Å². The zero-order valence-electron chi connectivity index (χ0n) is 14.7. The van der Waals surface area contributed by atoms with Crippen molar-refractivity contribution in [2.24, 2.45) is 0 Å². The molecule has 0 spiro atoms. The van der Waals surface area contributed by atoms with Crippen LogP contribution in [0.3, 0.4) is 0 Å². The molecule has 1 atom stereocenters. The highest BCUT2D eigenvalue weighted by molar-refractivity contribution is 6.30. The van der Waals surface area contributed by atoms with Crippen molar-refractivity contribution in [3.8, 4) is 0 Å². The molecule has 3 rings (SSSR count). The molecule has 0 bridgehead atoms. The van der Waals surface area contributed by atoms with Crippen LogP contribution < -0.4 is 16.6 Å². The first-order valence-corrected chi connectivity index (χ1v) is 9.04. The number of amides is 1. The Morgan fingerprint density at radius 1 is 1.19 bits per heavy atom. The Morgan fingerprint density at radius 2 is 1.89 bits per heavy atom. The Labute approximate surface area is 160 Å². The van der Waals surface area contributed by atoms with Crippen LogP contribution in [0.2, 0.25) is 5.02 Å². The number of carbonyl (C=O) groups excluding carboxylic acids is 1. The van der Waals surface area contributed by atoms with Gasteiger partial charge in [-0.15, -0.1) is 0 Å². The monoisotopic (exact) mass is 392 g/mol. The summed E-state index contributed by atoms with van der Waals surface area (Å²) in [6, 6.07) is 8.72. The van der Waals surface area contributed by atoms with Gasteiger partial charge >= 0.3 is 5.69 Å². The van der Waals surface area contributed by atoms with Crippen molar-refractivity contribution < 1.29 is 9.53 Å². The van der Waals surface area contributed by atoms with E-state index < -0.39 is 11.2 Å². The van der Waals surface area contributed by atoms with Crippen LogP contribution in [0.4, 0.5) is 0 Å². The summed E-state index contributed by atoms with van der Waals surface area (Å²) < 4.78 is 6.57. The number of halogens is 1. The van der Waals surface area contributed by atoms with E-state index in [0.29, 0.717) is 24.8 Å². The van der Waals surface area contributed by atoms with Gasteiger partial charge in [0.1, 0.15) is 6.54 Å². The topological polar surface area (TPSA) is 96.4 Å². The minimum absolute atomic E-state index is 0.0255. The predicted molar refractivity (Wildman–Crippen MR) is 101 cm³/mol. The van der Waals surface area contributed by atoms with Gasteiger partial charge in [-0.1, -0.05) is 23.7 Å². The molecule has 9 heteroatoms. The van der Waals surface area contributed by atoms with Crippen LogP contribution in [-0.4, -0.2) is 53.2 Å². The van der Waals surface area contributed by atoms with E-state index in [9.17, 15) is 14.4 Å². The zero-order valence-corrected chi connectivity index (χ0v) is 15.4. The molecule has 0 radical (unpaired) electrons. The molecule has 2 aromatic rings. The highest BCUT2D eigenvalue weighted by Crippen LogP contribution is 2.23. The Kier molecular flexibility index (Phi) is 6.44. The number of H-pyrrole nitrogens is 1. The molecule has 1 amide bonds. The van der Waals surface area contributed by atoms with Crippen LogP contribution in [0, 0.1) is 0 Å². The van der Waals surface area contributed by atoms with Crippen molar-refractivity contribution in [1.29, 1.82) is 0 Å². The zero-order chi connectivity index (χ0) is 19.2. The lowest BCUT2D eigenvalue weighted by atomic mass is 10.0. The van der Waals surface area contributed by atoms with Gasteiger partial charge in [-0.3, -0.25) is 24.0 Å². The second-order valence-electron chi connectivity index (χ2n) is 6.26. The molecule has 1 aromatic heterocycles. The molecule has 8 nitrogen and oxygen atoms in total. The third kappa shape index (κ3) is 5.29. The maximum Gasteiger partial charge on any atom is 0.328 e. The molecule has 1 aliphatic rings. The van der Waals surface area contributed by atoms with E-state index in [1.807, 2.05) is 24.3 Å². The van der Waals surface area contributed by atoms with E-state index in [0.717, 1.165) is 23.2 Å². The molecule has 1 aliphatic heterocycles. The van der Waals surface area contributed by atoms with Crippen molar-refractivity contribution in [1.82, 2.24) is 19.8 Å². The average Bonchev–Trinajstić information content (AvgIpc) is 2.66. The van der Waals surface area contributed by atoms with Crippen LogP contribution in [0.15, 0.2) is 46.1 Å². The molecular weight excluding hydrogens is 372 g/mol. The van der Waals surface area contributed by atoms with Gasteiger partial charge < -0.3 is 10.1 Å². The number of carbonyl (C=O) groups is 1. The lowest BCUT2D eigenvalue weighted by molar-refractivity contribution is -0.122. The normalized spacial score (nSPS) is 16.0. The number of rotatable bonds is 6. The van der Waals surface area contributed by atoms with Crippen LogP contribution in [0.25, 0.3) is 0 Å². The van der Waals surface area contributed by atoms with Gasteiger partial charge in [-0.2, -0.15) is 0 Å². The highest BCUT2D eigenvalue weighted by atomic mass is 35.5. The highest BCUT2D eigenvalue weighted by Gasteiger charge is 2.23. The number of hydrogen-bond donors (Lipinski definition) is 2. The van der Waals surface area contributed by atoms with Crippen LogP contribution >= 0.6 is 11.6 Å². The van der Waals surface area contributed by atoms with Crippen LogP contribution in [-0.2, 0) is 16.1 Å². The van der Waals surface area contributed by atoms with E-state index >= 15 is 0 Å². The average molecular weight is 393 g/mol. The summed E-state index contributed by atoms with van der Waals surface area (Å²) in [4.78, 5) is 39.5. The van der Waals surface area contributed by atoms with Gasteiger partial charge in [0.05, 0.1) is 19.3 Å². The summed E-state index contributed by atoms with van der Waals surface area (Å²) in [6.45, 7) is 3.05. The van der Waals surface area contributed by atoms with Crippen molar-refractivity contribution >= 4 is 17.5 Å². The first-order chi connectivity index (χ1) is 13.0. The molecule has 2 N–H and O–H groups in total. The van der Waals surface area contributed by atoms with Gasteiger partial charge in [0.15, 0.2) is 0 Å². The maximum absolute atomic E-state index is 12.3. The molecule has 1 unspecified atom stereocenters. The quantitative estimate of drug-likeness (QED) is 0.741. The number of ether oxygens (including phenoxy) is 1. The standard InChI is InChI=1S/C18H21ClN4O4/c19-14-3-1-13(2-4-14)15(22-7-9-27-10-8-22)11-20-17(25)12-23-6-5-16(24)21-18(23)26/h1-6,15H,7-12H2,(H,20,25)(H,21,24,26). The Morgan fingerprint density at radius 3 is 2.56 bits per heavy atom. The molecule has 1 fully saturated rings. The largest absolute Gasteiger partial charge is 0.379 e. The van der Waals surface area contributed by atoms with Gasteiger partial charge in [-0.25, -0.2) is 4.79 Å².